The number of amides is 2. The summed E-state index contributed by atoms with van der Waals surface area (Å²) in [7, 11) is -4.10. The van der Waals surface area contributed by atoms with E-state index in [1.165, 1.54) is 28.6 Å². The topological polar surface area (TPSA) is 171 Å². The molecule has 4 heterocycles. The van der Waals surface area contributed by atoms with Gasteiger partial charge in [0.05, 0.1) is 55.3 Å². The van der Waals surface area contributed by atoms with Crippen LogP contribution >= 0.6 is 0 Å². The predicted molar refractivity (Wildman–Crippen MR) is 175 cm³/mol. The Morgan fingerprint density at radius 2 is 1.45 bits per heavy atom. The van der Waals surface area contributed by atoms with Gasteiger partial charge in [-0.25, -0.2) is 18.0 Å². The molecule has 4 aliphatic rings. The summed E-state index contributed by atoms with van der Waals surface area (Å²) in [5.41, 5.74) is 1.20. The van der Waals surface area contributed by atoms with Gasteiger partial charge >= 0.3 is 12.2 Å². The number of benzene rings is 2. The van der Waals surface area contributed by atoms with Crippen LogP contribution in [0.15, 0.2) is 59.5 Å². The van der Waals surface area contributed by atoms with E-state index in [2.05, 4.69) is 10.6 Å². The Balaban J connectivity index is 1.11. The molecule has 14 nitrogen and oxygen atoms in total. The lowest BCUT2D eigenvalue weighted by Gasteiger charge is -2.31. The number of hydrogen-bond acceptors (Lipinski definition) is 11. The smallest absolute Gasteiger partial charge is 0.411 e. The Labute approximate surface area is 286 Å². The second-order valence-electron chi connectivity index (χ2n) is 13.3. The first-order valence-electron chi connectivity index (χ1n) is 16.8. The Morgan fingerprint density at radius 3 is 2.04 bits per heavy atom. The molecule has 0 radical (unpaired) electrons. The molecule has 0 saturated carbocycles. The number of hydrogen-bond donors (Lipinski definition) is 3. The fourth-order valence-corrected chi connectivity index (χ4v) is 8.35. The Bertz CT molecular complexity index is 1530. The lowest BCUT2D eigenvalue weighted by Crippen LogP contribution is -2.51. The molecule has 8 atom stereocenters. The molecular weight excluding hydrogens is 658 g/mol. The number of alkyl carbamates (subject to hydrolysis) is 1. The summed E-state index contributed by atoms with van der Waals surface area (Å²) in [5, 5.41) is 17.0. The van der Waals surface area contributed by atoms with Crippen molar-refractivity contribution in [2.24, 2.45) is 17.8 Å². The van der Waals surface area contributed by atoms with Crippen LogP contribution < -0.4 is 10.6 Å². The summed E-state index contributed by atoms with van der Waals surface area (Å²) in [5.74, 6) is -0.138. The number of fused-ring (bicyclic) bond motifs is 2. The molecule has 0 aromatic heterocycles. The maximum absolute atomic E-state index is 14.0. The van der Waals surface area contributed by atoms with E-state index in [-0.39, 0.29) is 68.0 Å². The summed E-state index contributed by atoms with van der Waals surface area (Å²) in [6.45, 7) is 5.15. The van der Waals surface area contributed by atoms with Crippen LogP contribution in [0.5, 0.6) is 0 Å². The van der Waals surface area contributed by atoms with Gasteiger partial charge in [0, 0.05) is 18.8 Å². The molecule has 6 rings (SSSR count). The summed E-state index contributed by atoms with van der Waals surface area (Å²) >= 11 is 0. The van der Waals surface area contributed by atoms with E-state index in [9.17, 15) is 23.1 Å². The minimum Gasteiger partial charge on any atom is -0.443 e. The highest BCUT2D eigenvalue weighted by Gasteiger charge is 2.45. The van der Waals surface area contributed by atoms with Gasteiger partial charge in [0.15, 0.2) is 12.6 Å². The lowest BCUT2D eigenvalue weighted by molar-refractivity contribution is -0.0909. The number of aliphatic hydroxyl groups is 1. The van der Waals surface area contributed by atoms with Gasteiger partial charge in [-0.3, -0.25) is 5.32 Å². The molecule has 4 aliphatic heterocycles. The van der Waals surface area contributed by atoms with Gasteiger partial charge in [0.1, 0.15) is 12.2 Å². The number of anilines is 1. The number of rotatable bonds is 13. The maximum atomic E-state index is 14.0. The van der Waals surface area contributed by atoms with E-state index in [1.54, 1.807) is 0 Å². The van der Waals surface area contributed by atoms with Crippen LogP contribution in [0.4, 0.5) is 15.3 Å². The first-order valence-corrected chi connectivity index (χ1v) is 18.2. The average Bonchev–Trinajstić information content (AvgIpc) is 3.87. The molecule has 3 N–H and O–H groups in total. The van der Waals surface area contributed by atoms with Crippen molar-refractivity contribution in [3.8, 4) is 0 Å². The zero-order valence-electron chi connectivity index (χ0n) is 27.6. The van der Waals surface area contributed by atoms with Gasteiger partial charge in [-0.1, -0.05) is 44.2 Å². The monoisotopic (exact) mass is 703 g/mol. The van der Waals surface area contributed by atoms with Crippen molar-refractivity contribution in [1.82, 2.24) is 9.62 Å². The fraction of sp³-hybridized carbons (Fsp3) is 0.588. The second-order valence-corrected chi connectivity index (χ2v) is 15.2. The van der Waals surface area contributed by atoms with Crippen molar-refractivity contribution in [2.45, 2.75) is 74.9 Å². The molecule has 4 saturated heterocycles. The van der Waals surface area contributed by atoms with E-state index >= 15 is 0 Å². The zero-order valence-corrected chi connectivity index (χ0v) is 28.5. The van der Waals surface area contributed by atoms with Gasteiger partial charge in [0.25, 0.3) is 0 Å². The molecular formula is C34H45N3O11S. The Kier molecular flexibility index (Phi) is 11.4. The zero-order chi connectivity index (χ0) is 34.5. The van der Waals surface area contributed by atoms with Crippen molar-refractivity contribution in [3.63, 3.8) is 0 Å². The first kappa shape index (κ1) is 35.5. The van der Waals surface area contributed by atoms with Crippen LogP contribution in [0.3, 0.4) is 0 Å². The highest BCUT2D eigenvalue weighted by atomic mass is 32.2. The third-order valence-electron chi connectivity index (χ3n) is 9.25. The van der Waals surface area contributed by atoms with E-state index in [0.717, 1.165) is 12.0 Å². The lowest BCUT2D eigenvalue weighted by atomic mass is 10.0. The Hall–Kier alpha value is -3.31. The van der Waals surface area contributed by atoms with Crippen LogP contribution in [0.1, 0.15) is 32.3 Å². The number of nitrogens with one attached hydrogen (secondary N) is 2. The fourth-order valence-electron chi connectivity index (χ4n) is 6.73. The largest absolute Gasteiger partial charge is 0.443 e. The van der Waals surface area contributed by atoms with Crippen molar-refractivity contribution in [3.05, 3.63) is 60.2 Å². The molecule has 4 fully saturated rings. The van der Waals surface area contributed by atoms with Crippen LogP contribution in [0.25, 0.3) is 0 Å². The minimum absolute atomic E-state index is 0.00891. The molecule has 2 aromatic carbocycles. The summed E-state index contributed by atoms with van der Waals surface area (Å²) in [6.07, 6.45) is -2.63. The van der Waals surface area contributed by atoms with E-state index in [4.69, 9.17) is 28.4 Å². The summed E-state index contributed by atoms with van der Waals surface area (Å²) in [6, 6.07) is 14.2. The number of carbonyl (C=O) groups excluding carboxylic acids is 2. The molecule has 15 heteroatoms. The van der Waals surface area contributed by atoms with Crippen molar-refractivity contribution in [2.75, 3.05) is 44.8 Å². The van der Waals surface area contributed by atoms with Gasteiger partial charge in [-0.15, -0.1) is 0 Å². The molecule has 0 aliphatic carbocycles. The molecule has 0 spiro atoms. The van der Waals surface area contributed by atoms with Gasteiger partial charge < -0.3 is 38.8 Å². The normalized spacial score (nSPS) is 27.4. The standard InChI is InChI=1S/C34H45N3O11S/c1-21(2)17-37(49(41,42)24-10-8-23(9-11-24)35-33(39)47-29-19-45-31-25(29)12-14-43-31)18-28(38)27(16-22-6-4-3-5-7-22)36-34(40)48-30-20-46-32-26(30)13-15-44-32/h3-11,21,25-32,38H,12-20H2,1-2H3,(H,35,39)(H,36,40)/t25?,26?,27-,28+,29?,30?,31?,32?/m0/s1. The highest BCUT2D eigenvalue weighted by Crippen LogP contribution is 2.34. The molecule has 49 heavy (non-hydrogen) atoms. The third-order valence-corrected chi connectivity index (χ3v) is 11.1. The molecule has 0 bridgehead atoms. The van der Waals surface area contributed by atoms with E-state index < -0.39 is 46.6 Å². The van der Waals surface area contributed by atoms with Crippen LogP contribution in [0.2, 0.25) is 0 Å². The second kappa shape index (κ2) is 15.7. The average molecular weight is 704 g/mol. The SMILES string of the molecule is CC(C)CN(C[C@@H](O)[C@H](Cc1ccccc1)NC(=O)OC1COC2OCCC12)S(=O)(=O)c1ccc(NC(=O)OC2COC3OCCC23)cc1. The van der Waals surface area contributed by atoms with Crippen LogP contribution in [-0.2, 0) is 44.9 Å². The van der Waals surface area contributed by atoms with Crippen molar-refractivity contribution < 1.29 is 51.5 Å². The first-order chi connectivity index (χ1) is 23.6. The van der Waals surface area contributed by atoms with E-state index in [1.807, 2.05) is 44.2 Å². The minimum atomic E-state index is -4.10. The number of ether oxygens (including phenoxy) is 6. The van der Waals surface area contributed by atoms with Crippen molar-refractivity contribution >= 4 is 27.9 Å². The van der Waals surface area contributed by atoms with Crippen LogP contribution in [-0.4, -0.2) is 106 Å². The Morgan fingerprint density at radius 1 is 0.857 bits per heavy atom. The molecule has 6 unspecified atom stereocenters. The number of aliphatic hydroxyl groups excluding tert-OH is 1. The predicted octanol–water partition coefficient (Wildman–Crippen LogP) is 3.10. The van der Waals surface area contributed by atoms with Gasteiger partial charge in [0.2, 0.25) is 10.0 Å². The highest BCUT2D eigenvalue weighted by molar-refractivity contribution is 7.89. The molecule has 2 aromatic rings. The number of sulfonamides is 1. The van der Waals surface area contributed by atoms with Gasteiger partial charge in [-0.2, -0.15) is 4.31 Å². The summed E-state index contributed by atoms with van der Waals surface area (Å²) in [4.78, 5) is 25.7. The molecule has 2 amide bonds. The third kappa shape index (κ3) is 8.71. The summed E-state index contributed by atoms with van der Waals surface area (Å²) < 4.78 is 62.5. The van der Waals surface area contributed by atoms with E-state index in [0.29, 0.717) is 25.3 Å². The quantitative estimate of drug-likeness (QED) is 0.280. The van der Waals surface area contributed by atoms with Crippen LogP contribution in [0, 0.1) is 17.8 Å². The maximum Gasteiger partial charge on any atom is 0.411 e. The molecule has 268 valence electrons. The van der Waals surface area contributed by atoms with Gasteiger partial charge in [-0.05, 0) is 55.0 Å². The van der Waals surface area contributed by atoms with Crippen molar-refractivity contribution in [1.29, 1.82) is 0 Å². The number of carbonyl (C=O) groups is 2. The number of nitrogens with zero attached hydrogens (tertiary/aromatic N) is 1.